The molecule has 0 aliphatic carbocycles. The highest BCUT2D eigenvalue weighted by Crippen LogP contribution is 2.24. The Kier molecular flexibility index (Phi) is 6.79. The van der Waals surface area contributed by atoms with Crippen molar-refractivity contribution < 1.29 is 9.53 Å². The number of ether oxygens (including phenoxy) is 1. The van der Waals surface area contributed by atoms with Crippen LogP contribution >= 0.6 is 0 Å². The number of carbonyl (C=O) groups excluding carboxylic acids is 1. The summed E-state index contributed by atoms with van der Waals surface area (Å²) in [4.78, 5) is 12.1. The summed E-state index contributed by atoms with van der Waals surface area (Å²) in [7, 11) is 0. The molecule has 1 amide bonds. The molecule has 4 nitrogen and oxygen atoms in total. The van der Waals surface area contributed by atoms with E-state index in [1.54, 1.807) is 18.2 Å². The number of benzene rings is 1. The SMILES string of the molecule is CCCCCCNC(=O)c1c(N)cccc1OCC. The zero-order valence-corrected chi connectivity index (χ0v) is 11.9. The third-order valence-electron chi connectivity index (χ3n) is 2.90. The van der Waals surface area contributed by atoms with Crippen molar-refractivity contribution in [3.05, 3.63) is 23.8 Å². The lowest BCUT2D eigenvalue weighted by molar-refractivity contribution is 0.0950. The number of rotatable bonds is 8. The maximum atomic E-state index is 12.1. The Morgan fingerprint density at radius 2 is 2.05 bits per heavy atom. The first kappa shape index (κ1) is 15.3. The fraction of sp³-hybridized carbons (Fsp3) is 0.533. The lowest BCUT2D eigenvalue weighted by Gasteiger charge is -2.12. The Labute approximate surface area is 115 Å². The third kappa shape index (κ3) is 4.81. The van der Waals surface area contributed by atoms with Crippen molar-refractivity contribution in [3.8, 4) is 5.75 Å². The lowest BCUT2D eigenvalue weighted by Crippen LogP contribution is -2.26. The molecule has 0 saturated carbocycles. The molecule has 4 heteroatoms. The molecule has 0 aliphatic rings. The first-order chi connectivity index (χ1) is 9.20. The van der Waals surface area contributed by atoms with Crippen molar-refractivity contribution in [1.29, 1.82) is 0 Å². The van der Waals surface area contributed by atoms with Gasteiger partial charge in [-0.2, -0.15) is 0 Å². The van der Waals surface area contributed by atoms with E-state index in [1.807, 2.05) is 6.92 Å². The van der Waals surface area contributed by atoms with Gasteiger partial charge in [-0.1, -0.05) is 32.3 Å². The molecule has 0 spiro atoms. The zero-order valence-electron chi connectivity index (χ0n) is 11.9. The Morgan fingerprint density at radius 1 is 1.26 bits per heavy atom. The van der Waals surface area contributed by atoms with Crippen LogP contribution in [0, 0.1) is 0 Å². The number of unbranched alkanes of at least 4 members (excludes halogenated alkanes) is 3. The largest absolute Gasteiger partial charge is 0.493 e. The van der Waals surface area contributed by atoms with Gasteiger partial charge in [0.1, 0.15) is 11.3 Å². The van der Waals surface area contributed by atoms with Gasteiger partial charge in [0.15, 0.2) is 0 Å². The molecule has 0 atom stereocenters. The minimum atomic E-state index is -0.155. The predicted octanol–water partition coefficient (Wildman–Crippen LogP) is 2.98. The highest BCUT2D eigenvalue weighted by Gasteiger charge is 2.15. The van der Waals surface area contributed by atoms with Gasteiger partial charge in [-0.15, -0.1) is 0 Å². The van der Waals surface area contributed by atoms with Crippen LogP contribution in [0.4, 0.5) is 5.69 Å². The fourth-order valence-corrected chi connectivity index (χ4v) is 1.91. The van der Waals surface area contributed by atoms with Crippen LogP contribution in [0.2, 0.25) is 0 Å². The summed E-state index contributed by atoms with van der Waals surface area (Å²) >= 11 is 0. The lowest BCUT2D eigenvalue weighted by atomic mass is 10.1. The highest BCUT2D eigenvalue weighted by atomic mass is 16.5. The van der Waals surface area contributed by atoms with Crippen LogP contribution in [-0.2, 0) is 0 Å². The molecule has 0 saturated heterocycles. The molecule has 0 aromatic heterocycles. The summed E-state index contributed by atoms with van der Waals surface area (Å²) in [6.45, 7) is 5.24. The summed E-state index contributed by atoms with van der Waals surface area (Å²) in [5.41, 5.74) is 6.76. The van der Waals surface area contributed by atoms with Crippen molar-refractivity contribution in [3.63, 3.8) is 0 Å². The molecule has 1 aromatic rings. The van der Waals surface area contributed by atoms with Gasteiger partial charge in [0, 0.05) is 12.2 Å². The summed E-state index contributed by atoms with van der Waals surface area (Å²) in [6, 6.07) is 5.28. The molecule has 0 aliphatic heterocycles. The molecule has 3 N–H and O–H groups in total. The van der Waals surface area contributed by atoms with E-state index >= 15 is 0 Å². The second-order valence-corrected chi connectivity index (χ2v) is 4.47. The van der Waals surface area contributed by atoms with Gasteiger partial charge in [-0.25, -0.2) is 0 Å². The predicted molar refractivity (Wildman–Crippen MR) is 78.5 cm³/mol. The molecule has 1 aromatic carbocycles. The second-order valence-electron chi connectivity index (χ2n) is 4.47. The molecular weight excluding hydrogens is 240 g/mol. The van der Waals surface area contributed by atoms with Crippen LogP contribution in [0.15, 0.2) is 18.2 Å². The van der Waals surface area contributed by atoms with Crippen LogP contribution < -0.4 is 15.8 Å². The first-order valence-electron chi connectivity index (χ1n) is 7.00. The van der Waals surface area contributed by atoms with Crippen LogP contribution in [0.25, 0.3) is 0 Å². The summed E-state index contributed by atoms with van der Waals surface area (Å²) < 4.78 is 5.44. The van der Waals surface area contributed by atoms with Gasteiger partial charge in [0.25, 0.3) is 5.91 Å². The monoisotopic (exact) mass is 264 g/mol. The number of carbonyl (C=O) groups is 1. The number of nitrogens with one attached hydrogen (secondary N) is 1. The topological polar surface area (TPSA) is 64.4 Å². The van der Waals surface area contributed by atoms with E-state index in [0.717, 1.165) is 12.8 Å². The van der Waals surface area contributed by atoms with Crippen molar-refractivity contribution >= 4 is 11.6 Å². The van der Waals surface area contributed by atoms with E-state index in [1.165, 1.54) is 12.8 Å². The van der Waals surface area contributed by atoms with Crippen molar-refractivity contribution in [2.45, 2.75) is 39.5 Å². The van der Waals surface area contributed by atoms with Gasteiger partial charge >= 0.3 is 0 Å². The van der Waals surface area contributed by atoms with Gasteiger partial charge in [0.2, 0.25) is 0 Å². The van der Waals surface area contributed by atoms with Gasteiger partial charge < -0.3 is 15.8 Å². The smallest absolute Gasteiger partial charge is 0.257 e. The van der Waals surface area contributed by atoms with Crippen LogP contribution in [0.3, 0.4) is 0 Å². The van der Waals surface area contributed by atoms with E-state index in [-0.39, 0.29) is 5.91 Å². The number of nitrogen functional groups attached to an aromatic ring is 1. The number of amides is 1. The number of hydrogen-bond donors (Lipinski definition) is 2. The highest BCUT2D eigenvalue weighted by molar-refractivity contribution is 6.01. The number of hydrogen-bond acceptors (Lipinski definition) is 3. The van der Waals surface area contributed by atoms with Crippen molar-refractivity contribution in [2.24, 2.45) is 0 Å². The Hall–Kier alpha value is -1.71. The van der Waals surface area contributed by atoms with E-state index in [2.05, 4.69) is 12.2 Å². The number of nitrogens with two attached hydrogens (primary N) is 1. The molecular formula is C15H24N2O2. The van der Waals surface area contributed by atoms with Gasteiger partial charge in [-0.05, 0) is 25.5 Å². The maximum absolute atomic E-state index is 12.1. The molecule has 0 radical (unpaired) electrons. The van der Waals surface area contributed by atoms with Crippen LogP contribution in [-0.4, -0.2) is 19.1 Å². The normalized spacial score (nSPS) is 10.2. The summed E-state index contributed by atoms with van der Waals surface area (Å²) in [5.74, 6) is 0.395. The number of anilines is 1. The van der Waals surface area contributed by atoms with Crippen molar-refractivity contribution in [1.82, 2.24) is 5.32 Å². The Morgan fingerprint density at radius 3 is 2.74 bits per heavy atom. The zero-order chi connectivity index (χ0) is 14.1. The molecule has 0 fully saturated rings. The molecule has 0 heterocycles. The molecule has 0 unspecified atom stereocenters. The van der Waals surface area contributed by atoms with E-state index < -0.39 is 0 Å². The standard InChI is InChI=1S/C15H24N2O2/c1-3-5-6-7-11-17-15(18)14-12(16)9-8-10-13(14)19-4-2/h8-10H,3-7,11,16H2,1-2H3,(H,17,18). The second kappa shape index (κ2) is 8.40. The maximum Gasteiger partial charge on any atom is 0.257 e. The molecule has 19 heavy (non-hydrogen) atoms. The minimum absolute atomic E-state index is 0.155. The van der Waals surface area contributed by atoms with Crippen LogP contribution in [0.5, 0.6) is 5.75 Å². The van der Waals surface area contributed by atoms with E-state index in [9.17, 15) is 4.79 Å². The van der Waals surface area contributed by atoms with Gasteiger partial charge in [-0.3, -0.25) is 4.79 Å². The summed E-state index contributed by atoms with van der Waals surface area (Å²) in [5, 5.41) is 2.90. The van der Waals surface area contributed by atoms with Crippen molar-refractivity contribution in [2.75, 3.05) is 18.9 Å². The third-order valence-corrected chi connectivity index (χ3v) is 2.90. The molecule has 1 rings (SSSR count). The Bertz CT molecular complexity index is 405. The minimum Gasteiger partial charge on any atom is -0.493 e. The van der Waals surface area contributed by atoms with Crippen LogP contribution in [0.1, 0.15) is 49.9 Å². The van der Waals surface area contributed by atoms with E-state index in [0.29, 0.717) is 30.2 Å². The van der Waals surface area contributed by atoms with E-state index in [4.69, 9.17) is 10.5 Å². The molecule has 106 valence electrons. The summed E-state index contributed by atoms with van der Waals surface area (Å²) in [6.07, 6.45) is 4.53. The average molecular weight is 264 g/mol. The Balaban J connectivity index is 2.60. The first-order valence-corrected chi connectivity index (χ1v) is 7.00. The fourth-order valence-electron chi connectivity index (χ4n) is 1.91. The molecule has 0 bridgehead atoms. The quantitative estimate of drug-likeness (QED) is 0.560. The van der Waals surface area contributed by atoms with Gasteiger partial charge in [0.05, 0.1) is 6.61 Å². The average Bonchev–Trinajstić information content (AvgIpc) is 2.39.